The number of H-pyrrole nitrogens is 1. The van der Waals surface area contributed by atoms with Gasteiger partial charge >= 0.3 is 6.18 Å². The molecule has 100 valence electrons. The van der Waals surface area contributed by atoms with Crippen LogP contribution in [-0.4, -0.2) is 15.9 Å². The number of carbonyl (C=O) groups excluding carboxylic acids is 1. The molecule has 2 aromatic rings. The van der Waals surface area contributed by atoms with Crippen molar-refractivity contribution in [2.45, 2.75) is 6.18 Å². The molecule has 0 aliphatic heterocycles. The third-order valence-electron chi connectivity index (χ3n) is 2.26. The third-order valence-corrected chi connectivity index (χ3v) is 2.76. The van der Waals surface area contributed by atoms with Gasteiger partial charge in [-0.15, -0.1) is 0 Å². The minimum Gasteiger partial charge on any atom is -0.331 e. The number of hydrogen-bond donors (Lipinski definition) is 2. The van der Waals surface area contributed by atoms with Crippen molar-refractivity contribution in [1.29, 1.82) is 0 Å². The second-order valence-electron chi connectivity index (χ2n) is 3.58. The van der Waals surface area contributed by atoms with E-state index in [-0.39, 0.29) is 10.4 Å². The Morgan fingerprint density at radius 1 is 1.37 bits per heavy atom. The molecule has 1 amide bonds. The summed E-state index contributed by atoms with van der Waals surface area (Å²) in [7, 11) is 0. The molecule has 1 aromatic heterocycles. The van der Waals surface area contributed by atoms with Crippen molar-refractivity contribution in [2.75, 3.05) is 5.32 Å². The first-order valence-electron chi connectivity index (χ1n) is 5.05. The Hall–Kier alpha value is -1.83. The van der Waals surface area contributed by atoms with Gasteiger partial charge in [0.2, 0.25) is 5.95 Å². The predicted octanol–water partition coefficient (Wildman–Crippen LogP) is 3.44. The van der Waals surface area contributed by atoms with E-state index in [0.717, 1.165) is 12.1 Å². The first kappa shape index (κ1) is 13.6. The zero-order valence-electron chi connectivity index (χ0n) is 9.25. The van der Waals surface area contributed by atoms with Gasteiger partial charge in [0, 0.05) is 16.9 Å². The minimum atomic E-state index is -4.61. The summed E-state index contributed by atoms with van der Waals surface area (Å²) in [6.07, 6.45) is -1.79. The molecule has 0 aliphatic carbocycles. The number of aromatic nitrogens is 2. The number of halogens is 4. The van der Waals surface area contributed by atoms with Crippen molar-refractivity contribution in [3.05, 3.63) is 46.2 Å². The first-order chi connectivity index (χ1) is 8.88. The lowest BCUT2D eigenvalue weighted by molar-refractivity contribution is -0.137. The topological polar surface area (TPSA) is 57.8 Å². The summed E-state index contributed by atoms with van der Waals surface area (Å²) >= 11 is 2.95. The van der Waals surface area contributed by atoms with Crippen LogP contribution in [0.3, 0.4) is 0 Å². The van der Waals surface area contributed by atoms with E-state index in [1.54, 1.807) is 0 Å². The molecule has 4 nitrogen and oxygen atoms in total. The number of nitrogens with zero attached hydrogens (tertiary/aromatic N) is 1. The van der Waals surface area contributed by atoms with Gasteiger partial charge in [-0.1, -0.05) is 15.9 Å². The largest absolute Gasteiger partial charge is 0.417 e. The number of amides is 1. The third kappa shape index (κ3) is 3.14. The lowest BCUT2D eigenvalue weighted by Gasteiger charge is -2.12. The molecular weight excluding hydrogens is 327 g/mol. The van der Waals surface area contributed by atoms with Crippen LogP contribution in [0.25, 0.3) is 0 Å². The van der Waals surface area contributed by atoms with Crippen LogP contribution in [0.2, 0.25) is 0 Å². The Balaban J connectivity index is 2.36. The molecule has 0 radical (unpaired) electrons. The number of imidazole rings is 1. The number of anilines is 1. The summed E-state index contributed by atoms with van der Waals surface area (Å²) in [5.41, 5.74) is -1.47. The van der Waals surface area contributed by atoms with E-state index < -0.39 is 23.2 Å². The molecule has 0 bridgehead atoms. The summed E-state index contributed by atoms with van der Waals surface area (Å²) in [6, 6.07) is 3.33. The number of alkyl halides is 3. The molecule has 2 rings (SSSR count). The molecule has 0 atom stereocenters. The van der Waals surface area contributed by atoms with Crippen LogP contribution in [-0.2, 0) is 6.18 Å². The maximum absolute atomic E-state index is 12.8. The molecule has 0 aliphatic rings. The number of nitrogens with one attached hydrogen (secondary N) is 2. The standard InChI is InChI=1S/C11H7BrF3N3O/c12-6-1-2-7(8(5-6)11(13,14)15)9(19)18-10-16-3-4-17-10/h1-5H,(H2,16,17,18,19). The Morgan fingerprint density at radius 2 is 2.11 bits per heavy atom. The quantitative estimate of drug-likeness (QED) is 0.884. The zero-order chi connectivity index (χ0) is 14.0. The number of carbonyl (C=O) groups is 1. The fourth-order valence-corrected chi connectivity index (χ4v) is 1.82. The average molecular weight is 334 g/mol. The predicted molar refractivity (Wildman–Crippen MR) is 65.7 cm³/mol. The maximum atomic E-state index is 12.8. The van der Waals surface area contributed by atoms with Gasteiger partial charge in [-0.05, 0) is 18.2 Å². The molecule has 19 heavy (non-hydrogen) atoms. The number of rotatable bonds is 2. The highest BCUT2D eigenvalue weighted by atomic mass is 79.9. The van der Waals surface area contributed by atoms with Crippen LogP contribution in [0.15, 0.2) is 35.1 Å². The average Bonchev–Trinajstić information content (AvgIpc) is 2.80. The molecular formula is C11H7BrF3N3O. The minimum absolute atomic E-state index is 0.0843. The van der Waals surface area contributed by atoms with Gasteiger partial charge in [0.1, 0.15) is 0 Å². The fraction of sp³-hybridized carbons (Fsp3) is 0.0909. The van der Waals surface area contributed by atoms with E-state index in [1.807, 2.05) is 0 Å². The molecule has 1 heterocycles. The Kier molecular flexibility index (Phi) is 3.61. The second-order valence-corrected chi connectivity index (χ2v) is 4.50. The number of aromatic amines is 1. The van der Waals surface area contributed by atoms with E-state index in [0.29, 0.717) is 0 Å². The molecule has 0 saturated heterocycles. The van der Waals surface area contributed by atoms with Gasteiger partial charge in [-0.2, -0.15) is 13.2 Å². The summed E-state index contributed by atoms with van der Waals surface area (Å²) < 4.78 is 38.8. The van der Waals surface area contributed by atoms with Gasteiger partial charge in [-0.25, -0.2) is 4.98 Å². The lowest BCUT2D eigenvalue weighted by Crippen LogP contribution is -2.19. The Bertz CT molecular complexity index is 596. The van der Waals surface area contributed by atoms with Crippen LogP contribution in [0, 0.1) is 0 Å². The molecule has 0 unspecified atom stereocenters. The number of hydrogen-bond acceptors (Lipinski definition) is 2. The molecule has 0 spiro atoms. The summed E-state index contributed by atoms with van der Waals surface area (Å²) in [6.45, 7) is 0. The van der Waals surface area contributed by atoms with Crippen LogP contribution in [0.5, 0.6) is 0 Å². The second kappa shape index (κ2) is 5.04. The van der Waals surface area contributed by atoms with Crippen molar-refractivity contribution in [2.24, 2.45) is 0 Å². The summed E-state index contributed by atoms with van der Waals surface area (Å²) in [5.74, 6) is -0.796. The van der Waals surface area contributed by atoms with E-state index in [1.165, 1.54) is 18.5 Å². The van der Waals surface area contributed by atoms with Gasteiger partial charge < -0.3 is 4.98 Å². The van der Waals surface area contributed by atoms with Crippen LogP contribution < -0.4 is 5.32 Å². The Labute approximate surface area is 114 Å². The fourth-order valence-electron chi connectivity index (χ4n) is 1.46. The Morgan fingerprint density at radius 3 is 2.68 bits per heavy atom. The number of benzene rings is 1. The normalized spacial score (nSPS) is 11.4. The smallest absolute Gasteiger partial charge is 0.331 e. The molecule has 0 fully saturated rings. The monoisotopic (exact) mass is 333 g/mol. The van der Waals surface area contributed by atoms with E-state index in [9.17, 15) is 18.0 Å². The lowest BCUT2D eigenvalue weighted by atomic mass is 10.1. The van der Waals surface area contributed by atoms with Crippen LogP contribution in [0.1, 0.15) is 15.9 Å². The highest BCUT2D eigenvalue weighted by Crippen LogP contribution is 2.34. The van der Waals surface area contributed by atoms with Gasteiger partial charge in [0.05, 0.1) is 11.1 Å². The van der Waals surface area contributed by atoms with Crippen molar-refractivity contribution in [1.82, 2.24) is 9.97 Å². The summed E-state index contributed by atoms with van der Waals surface area (Å²) in [4.78, 5) is 18.1. The molecule has 0 saturated carbocycles. The SMILES string of the molecule is O=C(Nc1ncc[nH]1)c1ccc(Br)cc1C(F)(F)F. The van der Waals surface area contributed by atoms with E-state index in [2.05, 4.69) is 31.2 Å². The van der Waals surface area contributed by atoms with Crippen LogP contribution >= 0.6 is 15.9 Å². The van der Waals surface area contributed by atoms with Gasteiger partial charge in [0.15, 0.2) is 0 Å². The van der Waals surface area contributed by atoms with Crippen molar-refractivity contribution < 1.29 is 18.0 Å². The molecule has 1 aromatic carbocycles. The van der Waals surface area contributed by atoms with Crippen molar-refractivity contribution in [3.63, 3.8) is 0 Å². The van der Waals surface area contributed by atoms with Gasteiger partial charge in [0.25, 0.3) is 5.91 Å². The van der Waals surface area contributed by atoms with E-state index in [4.69, 9.17) is 0 Å². The van der Waals surface area contributed by atoms with E-state index >= 15 is 0 Å². The maximum Gasteiger partial charge on any atom is 0.417 e. The molecule has 2 N–H and O–H groups in total. The highest BCUT2D eigenvalue weighted by molar-refractivity contribution is 9.10. The van der Waals surface area contributed by atoms with Crippen molar-refractivity contribution >= 4 is 27.8 Å². The summed E-state index contributed by atoms with van der Waals surface area (Å²) in [5, 5.41) is 2.25. The van der Waals surface area contributed by atoms with Crippen molar-refractivity contribution in [3.8, 4) is 0 Å². The molecule has 8 heteroatoms. The van der Waals surface area contributed by atoms with Gasteiger partial charge in [-0.3, -0.25) is 10.1 Å². The zero-order valence-corrected chi connectivity index (χ0v) is 10.8. The first-order valence-corrected chi connectivity index (χ1v) is 5.84. The van der Waals surface area contributed by atoms with Crippen LogP contribution in [0.4, 0.5) is 19.1 Å². The highest BCUT2D eigenvalue weighted by Gasteiger charge is 2.35.